The molecule has 0 aliphatic rings. The predicted octanol–water partition coefficient (Wildman–Crippen LogP) is 30.4. The normalized spacial score (nSPS) is 12.9. The molecule has 4 unspecified atom stereocenters. The second-order valence-electron chi connectivity index (χ2n) is 40.0. The molecule has 8 N–H and O–H groups in total. The van der Waals surface area contributed by atoms with Gasteiger partial charge < -0.3 is 40.9 Å². The van der Waals surface area contributed by atoms with Crippen LogP contribution in [0.3, 0.4) is 0 Å². The second kappa shape index (κ2) is 65.7. The van der Waals surface area contributed by atoms with Crippen molar-refractivity contribution in [1.29, 1.82) is 0 Å². The molecule has 4 heterocycles. The van der Waals surface area contributed by atoms with E-state index in [9.17, 15) is 30.6 Å². The maximum atomic E-state index is 9.68. The van der Waals surface area contributed by atoms with Gasteiger partial charge in [-0.2, -0.15) is 0 Å². The molecule has 0 aliphatic heterocycles. The van der Waals surface area contributed by atoms with Gasteiger partial charge in [0.15, 0.2) is 0 Å². The van der Waals surface area contributed by atoms with Crippen LogP contribution >= 0.6 is 0 Å². The number of fused-ring (bicyclic) bond motifs is 4. The first-order valence-corrected chi connectivity index (χ1v) is 72.3. The van der Waals surface area contributed by atoms with E-state index in [1.807, 2.05) is 156 Å². The van der Waals surface area contributed by atoms with Gasteiger partial charge in [-0.1, -0.05) is 96.9 Å². The fourth-order valence-electron chi connectivity index (χ4n) is 16.9. The Kier molecular flexibility index (Phi) is 62.0. The van der Waals surface area contributed by atoms with Crippen LogP contribution in [0.25, 0.3) is 88.6 Å². The summed E-state index contributed by atoms with van der Waals surface area (Å²) in [5, 5.41) is 95.1. The predicted molar refractivity (Wildman–Crippen MR) is 597 cm³/mol. The fourth-order valence-corrected chi connectivity index (χ4v) is 47.3. The Bertz CT molecular complexity index is 5070. The molecule has 20 heteroatoms. The minimum atomic E-state index is -1.89. The molecule has 0 amide bonds. The molecule has 0 aliphatic carbocycles. The Hall–Kier alpha value is -5.83. The number of hydrogen-bond acceptors (Lipinski definition) is 12. The zero-order valence-corrected chi connectivity index (χ0v) is 107. The van der Waals surface area contributed by atoms with Gasteiger partial charge in [-0.05, 0) is 67.7 Å². The summed E-state index contributed by atoms with van der Waals surface area (Å²) in [4.78, 5) is 19.3. The topological polar surface area (TPSA) is 213 Å². The SMILES string of the molecule is CC(C)(C)C(O)=CC(O)C(C)(C)C.CC(C)C(O)=CC(O)C(C)C.CC(C)CC(O)=CC(O)CC(C)C.CC(O)=CC(C)O.C[CH2][Ge]([CH2]C)([CH2]C)[c]1ccc2nc(-c3[c-]cccc3)ccc2c1.C[CH2][Ge]([CH2]C)([CH2]C)[c]1ccc2nc(-c3[c-]cccc3)ccc2c1.C[CH2][Ge]([CH2]C)([CH2]C)[c]1ccc2nc(-c3[c-]cccc3)ccc2c1.C[CH2][Ge]([CH2]C)([CH2]C)[c]1ccc2nc(-c3[c-]cccc3)ccc2c1.[Ir].[Ir].[Ir].[Ir]. The summed E-state index contributed by atoms with van der Waals surface area (Å²) in [5.74, 6) is 2.14. The first-order chi connectivity index (χ1) is 64.4. The smallest absolute Gasteiger partial charge is 0 e. The van der Waals surface area contributed by atoms with Crippen LogP contribution in [0.4, 0.5) is 0 Å². The van der Waals surface area contributed by atoms with E-state index in [2.05, 4.69) is 267 Å². The number of allylic oxidation sites excluding steroid dienone is 4. The Morgan fingerprint density at radius 2 is 0.614 bits per heavy atom. The molecule has 0 saturated heterocycles. The second-order valence-corrected chi connectivity index (χ2v) is 84.1. The van der Waals surface area contributed by atoms with Gasteiger partial charge in [0.25, 0.3) is 0 Å². The molecule has 4 atom stereocenters. The van der Waals surface area contributed by atoms with E-state index in [1.54, 1.807) is 30.6 Å². The van der Waals surface area contributed by atoms with Gasteiger partial charge in [0.2, 0.25) is 0 Å². The number of aliphatic hydroxyl groups is 8. The molecule has 12 rings (SSSR count). The van der Waals surface area contributed by atoms with Crippen molar-refractivity contribution in [3.05, 3.63) is 290 Å². The molecule has 772 valence electrons. The van der Waals surface area contributed by atoms with E-state index in [-0.39, 0.29) is 120 Å². The van der Waals surface area contributed by atoms with Gasteiger partial charge in [-0.3, -0.25) is 0 Å². The van der Waals surface area contributed by atoms with Crippen molar-refractivity contribution >= 4 is 114 Å². The van der Waals surface area contributed by atoms with Crippen LogP contribution < -0.4 is 17.6 Å². The molecular weight excluding hydrogens is 2680 g/mol. The van der Waals surface area contributed by atoms with E-state index in [4.69, 9.17) is 30.1 Å². The Balaban J connectivity index is 0.000000816. The Morgan fingerprint density at radius 3 is 0.800 bits per heavy atom. The van der Waals surface area contributed by atoms with Crippen molar-refractivity contribution in [3.63, 3.8) is 0 Å². The third kappa shape index (κ3) is 41.5. The largest absolute Gasteiger partial charge is 0 e. The van der Waals surface area contributed by atoms with Crippen molar-refractivity contribution in [2.75, 3.05) is 0 Å². The van der Waals surface area contributed by atoms with Crippen molar-refractivity contribution in [1.82, 2.24) is 19.9 Å². The summed E-state index contributed by atoms with van der Waals surface area (Å²) in [7, 11) is 0. The minimum absolute atomic E-state index is 0. The first kappa shape index (κ1) is 132. The molecule has 12 nitrogen and oxygen atoms in total. The number of aromatic nitrogens is 4. The maximum Gasteiger partial charge on any atom is 0 e. The maximum absolute atomic E-state index is 9.68. The zero-order valence-electron chi connectivity index (χ0n) is 89.3. The number of benzene rings is 8. The standard InChI is InChI=1S/4C21H24GeN.2C11H22O2.C9H18O2.C5H10O2.4Ir/c4*1-4-22(5-2,6-3)19-13-15-21-18(16-19)12-14-20(23-21)17-10-8-7-9-11-17;1-10(2,3)8(12)7-9(13)11(4,5)6;1-8(2)5-10(12)7-11(13)6-9(3)4;1-6(2)8(10)5-9(11)7(3)4;1-4(6)3-5(2)7;;;;/h4*7-10,12-16H,4-6H2,1-3H3;7-8,12-13H,1-6H3;7-10,12-13H,5-6H2,1-4H3;5-8,10-11H,1-4H3;3-4,6-7H,1-2H3;;;;/q4*-1;;;;;;;;. The molecule has 8 aromatic carbocycles. The van der Waals surface area contributed by atoms with E-state index < -0.39 is 77.5 Å². The Labute approximate surface area is 909 Å². The number of hydrogen-bond donors (Lipinski definition) is 8. The van der Waals surface area contributed by atoms with E-state index in [1.165, 1.54) is 110 Å². The first-order valence-electron chi connectivity index (χ1n) is 50.3. The number of nitrogens with zero attached hydrogens (tertiary/aromatic N) is 4. The molecule has 140 heavy (non-hydrogen) atoms. The third-order valence-corrected chi connectivity index (χ3v) is 74.0. The summed E-state index contributed by atoms with van der Waals surface area (Å²) in [6, 6.07) is 90.4. The molecule has 0 bridgehead atoms. The summed E-state index contributed by atoms with van der Waals surface area (Å²) in [6.45, 7) is 59.0. The van der Waals surface area contributed by atoms with Crippen LogP contribution in [0.1, 0.15) is 207 Å². The van der Waals surface area contributed by atoms with Crippen LogP contribution in [0.5, 0.6) is 0 Å². The average molecular weight is 2850 g/mol. The van der Waals surface area contributed by atoms with Gasteiger partial charge in [-0.15, -0.1) is 0 Å². The third-order valence-electron chi connectivity index (χ3n) is 27.1. The number of rotatable bonds is 30. The molecule has 0 spiro atoms. The van der Waals surface area contributed by atoms with E-state index >= 15 is 0 Å². The molecule has 0 fully saturated rings. The molecule has 12 aromatic rings. The Morgan fingerprint density at radius 1 is 0.343 bits per heavy atom. The fraction of sp³-hybridized carbons (Fsp3) is 0.433. The van der Waals surface area contributed by atoms with Crippen molar-refractivity contribution < 1.29 is 121 Å². The summed E-state index contributed by atoms with van der Waals surface area (Å²) in [5.41, 5.74) is 12.1. The summed E-state index contributed by atoms with van der Waals surface area (Å²) < 4.78 is 6.52. The molecular formula is C120H168Ge4Ir4N4O8-4. The monoisotopic (exact) mass is 2860 g/mol. The van der Waals surface area contributed by atoms with Gasteiger partial charge in [-0.25, -0.2) is 0 Å². The summed E-state index contributed by atoms with van der Waals surface area (Å²) >= 11 is -7.55. The molecule has 4 radical (unpaired) electrons. The number of aliphatic hydroxyl groups excluding tert-OH is 8. The molecule has 0 saturated carbocycles. The van der Waals surface area contributed by atoms with Gasteiger partial charge in [0, 0.05) is 98.2 Å². The van der Waals surface area contributed by atoms with Crippen LogP contribution in [-0.2, 0) is 80.4 Å². The van der Waals surface area contributed by atoms with E-state index in [0.717, 1.165) is 67.1 Å². The minimum Gasteiger partial charge on any atom is 0 e. The van der Waals surface area contributed by atoms with Crippen molar-refractivity contribution in [2.24, 2.45) is 34.5 Å². The average Bonchev–Trinajstić information content (AvgIpc) is 0.799. The van der Waals surface area contributed by atoms with Gasteiger partial charge in [0.1, 0.15) is 0 Å². The summed E-state index contributed by atoms with van der Waals surface area (Å²) in [6.07, 6.45) is 5.14. The van der Waals surface area contributed by atoms with E-state index in [0.29, 0.717) is 30.4 Å². The van der Waals surface area contributed by atoms with Crippen molar-refractivity contribution in [2.45, 2.75) is 294 Å². The quantitative estimate of drug-likeness (QED) is 0.0120. The van der Waals surface area contributed by atoms with Crippen molar-refractivity contribution in [3.8, 4) is 45.0 Å². The molecule has 4 aromatic heterocycles. The van der Waals surface area contributed by atoms with Crippen LogP contribution in [-0.4, -0.2) is 138 Å². The number of pyridine rings is 4. The van der Waals surface area contributed by atoms with Crippen LogP contribution in [0.2, 0.25) is 63.0 Å². The van der Waals surface area contributed by atoms with Crippen LogP contribution in [0.15, 0.2) is 266 Å². The van der Waals surface area contributed by atoms with Gasteiger partial charge >= 0.3 is 568 Å². The zero-order chi connectivity index (χ0) is 101. The van der Waals surface area contributed by atoms with Gasteiger partial charge in [0.05, 0.1) is 47.5 Å². The van der Waals surface area contributed by atoms with Crippen LogP contribution in [0, 0.1) is 58.8 Å².